The molecule has 15 heavy (non-hydrogen) atoms. The number of carbonyl (C=O) groups excluding carboxylic acids is 1. The summed E-state index contributed by atoms with van der Waals surface area (Å²) in [4.78, 5) is 10.7. The van der Waals surface area contributed by atoms with Crippen LogP contribution < -0.4 is 5.32 Å². The zero-order chi connectivity index (χ0) is 11.3. The van der Waals surface area contributed by atoms with Gasteiger partial charge in [-0.1, -0.05) is 15.9 Å². The molecule has 1 aromatic carbocycles. The molecule has 1 rings (SSSR count). The number of amides is 1. The maximum absolute atomic E-state index is 13.2. The van der Waals surface area contributed by atoms with Gasteiger partial charge in [0, 0.05) is 11.0 Å². The summed E-state index contributed by atoms with van der Waals surface area (Å²) < 4.78 is 18.4. The molecule has 0 spiro atoms. The van der Waals surface area contributed by atoms with Crippen molar-refractivity contribution in [2.45, 2.75) is 6.42 Å². The van der Waals surface area contributed by atoms with Crippen molar-refractivity contribution in [3.05, 3.63) is 34.1 Å². The van der Waals surface area contributed by atoms with Crippen molar-refractivity contribution in [1.29, 1.82) is 0 Å². The standard InChI is InChI=1S/C10H11BrFNO2/c1-15-10(14)13-5-4-7-6-8(11)2-3-9(7)12/h2-3,6H,4-5H2,1H3,(H,13,14). The second kappa shape index (κ2) is 5.70. The first-order chi connectivity index (χ1) is 7.13. The Morgan fingerprint density at radius 2 is 2.33 bits per heavy atom. The van der Waals surface area contributed by atoms with Crippen LogP contribution in [-0.2, 0) is 11.2 Å². The maximum atomic E-state index is 13.2. The van der Waals surface area contributed by atoms with Gasteiger partial charge in [-0.25, -0.2) is 9.18 Å². The van der Waals surface area contributed by atoms with Gasteiger partial charge < -0.3 is 10.1 Å². The Morgan fingerprint density at radius 1 is 1.60 bits per heavy atom. The summed E-state index contributed by atoms with van der Waals surface area (Å²) in [6.07, 6.45) is -0.0780. The minimum atomic E-state index is -0.509. The lowest BCUT2D eigenvalue weighted by atomic mass is 10.1. The van der Waals surface area contributed by atoms with Crippen LogP contribution in [0.15, 0.2) is 22.7 Å². The largest absolute Gasteiger partial charge is 0.453 e. The number of rotatable bonds is 3. The van der Waals surface area contributed by atoms with Gasteiger partial charge in [0.1, 0.15) is 5.82 Å². The van der Waals surface area contributed by atoms with Gasteiger partial charge in [0.2, 0.25) is 0 Å². The fourth-order valence-corrected chi connectivity index (χ4v) is 1.51. The number of methoxy groups -OCH3 is 1. The predicted octanol–water partition coefficient (Wildman–Crippen LogP) is 2.49. The molecule has 0 bridgehead atoms. The minimum Gasteiger partial charge on any atom is -0.453 e. The van der Waals surface area contributed by atoms with E-state index in [0.29, 0.717) is 18.5 Å². The summed E-state index contributed by atoms with van der Waals surface area (Å²) >= 11 is 3.25. The summed E-state index contributed by atoms with van der Waals surface area (Å²) in [5.74, 6) is -0.273. The molecule has 0 saturated heterocycles. The normalized spacial score (nSPS) is 9.80. The Morgan fingerprint density at radius 3 is 3.00 bits per heavy atom. The fourth-order valence-electron chi connectivity index (χ4n) is 1.11. The third-order valence-corrected chi connectivity index (χ3v) is 2.35. The number of halogens is 2. The van der Waals surface area contributed by atoms with E-state index < -0.39 is 6.09 Å². The average Bonchev–Trinajstić information content (AvgIpc) is 2.23. The zero-order valence-electron chi connectivity index (χ0n) is 8.22. The summed E-state index contributed by atoms with van der Waals surface area (Å²) in [6.45, 7) is 0.347. The lowest BCUT2D eigenvalue weighted by Gasteiger charge is -2.05. The van der Waals surface area contributed by atoms with E-state index in [4.69, 9.17) is 0 Å². The Hall–Kier alpha value is -1.10. The van der Waals surface area contributed by atoms with Gasteiger partial charge in [0.05, 0.1) is 7.11 Å². The summed E-state index contributed by atoms with van der Waals surface area (Å²) in [5.41, 5.74) is 0.556. The highest BCUT2D eigenvalue weighted by Gasteiger charge is 2.03. The van der Waals surface area contributed by atoms with Gasteiger partial charge in [0.15, 0.2) is 0 Å². The van der Waals surface area contributed by atoms with E-state index in [-0.39, 0.29) is 5.82 Å². The van der Waals surface area contributed by atoms with E-state index in [0.717, 1.165) is 4.47 Å². The first-order valence-electron chi connectivity index (χ1n) is 4.39. The minimum absolute atomic E-state index is 0.273. The third kappa shape index (κ3) is 3.87. The van der Waals surface area contributed by atoms with E-state index in [1.807, 2.05) is 0 Å². The van der Waals surface area contributed by atoms with Gasteiger partial charge in [-0.3, -0.25) is 0 Å². The van der Waals surface area contributed by atoms with Crippen LogP contribution in [0.25, 0.3) is 0 Å². The number of ether oxygens (including phenoxy) is 1. The van der Waals surface area contributed by atoms with E-state index in [2.05, 4.69) is 26.0 Å². The van der Waals surface area contributed by atoms with Crippen LogP contribution >= 0.6 is 15.9 Å². The lowest BCUT2D eigenvalue weighted by molar-refractivity contribution is 0.171. The molecule has 0 heterocycles. The first kappa shape index (κ1) is 12.0. The predicted molar refractivity (Wildman–Crippen MR) is 58.2 cm³/mol. The molecular formula is C10H11BrFNO2. The molecule has 0 aliphatic carbocycles. The van der Waals surface area contributed by atoms with Gasteiger partial charge in [0.25, 0.3) is 0 Å². The Balaban J connectivity index is 2.50. The van der Waals surface area contributed by atoms with Crippen LogP contribution in [-0.4, -0.2) is 19.7 Å². The second-order valence-electron chi connectivity index (χ2n) is 2.90. The fraction of sp³-hybridized carbons (Fsp3) is 0.300. The Labute approximate surface area is 95.7 Å². The third-order valence-electron chi connectivity index (χ3n) is 1.86. The van der Waals surface area contributed by atoms with E-state index in [1.165, 1.54) is 13.2 Å². The van der Waals surface area contributed by atoms with Crippen molar-refractivity contribution in [2.75, 3.05) is 13.7 Å². The summed E-state index contributed by atoms with van der Waals surface area (Å²) in [5, 5.41) is 2.48. The molecule has 82 valence electrons. The number of carbonyl (C=O) groups is 1. The molecule has 1 aromatic rings. The SMILES string of the molecule is COC(=O)NCCc1cc(Br)ccc1F. The van der Waals surface area contributed by atoms with Crippen LogP contribution in [0.1, 0.15) is 5.56 Å². The quantitative estimate of drug-likeness (QED) is 0.921. The Kier molecular flexibility index (Phi) is 4.55. The van der Waals surface area contributed by atoms with E-state index in [9.17, 15) is 9.18 Å². The molecule has 0 aliphatic rings. The van der Waals surface area contributed by atoms with Gasteiger partial charge in [-0.2, -0.15) is 0 Å². The van der Waals surface area contributed by atoms with Crippen molar-refractivity contribution in [3.8, 4) is 0 Å². The van der Waals surface area contributed by atoms with E-state index in [1.54, 1.807) is 12.1 Å². The van der Waals surface area contributed by atoms with Crippen LogP contribution in [0.2, 0.25) is 0 Å². The first-order valence-corrected chi connectivity index (χ1v) is 5.18. The number of hydrogen-bond acceptors (Lipinski definition) is 2. The van der Waals surface area contributed by atoms with Gasteiger partial charge in [-0.15, -0.1) is 0 Å². The smallest absolute Gasteiger partial charge is 0.406 e. The van der Waals surface area contributed by atoms with Crippen LogP contribution in [0.4, 0.5) is 9.18 Å². The van der Waals surface area contributed by atoms with E-state index >= 15 is 0 Å². The number of nitrogens with one attached hydrogen (secondary N) is 1. The molecule has 0 fully saturated rings. The highest BCUT2D eigenvalue weighted by atomic mass is 79.9. The summed E-state index contributed by atoms with van der Waals surface area (Å²) in [6, 6.07) is 4.71. The van der Waals surface area contributed by atoms with Crippen molar-refractivity contribution in [1.82, 2.24) is 5.32 Å². The molecular weight excluding hydrogens is 265 g/mol. The van der Waals surface area contributed by atoms with Crippen LogP contribution in [0.3, 0.4) is 0 Å². The molecule has 0 unspecified atom stereocenters. The molecule has 3 nitrogen and oxygen atoms in total. The van der Waals surface area contributed by atoms with Crippen molar-refractivity contribution in [2.24, 2.45) is 0 Å². The molecule has 0 saturated carbocycles. The monoisotopic (exact) mass is 275 g/mol. The number of hydrogen-bond donors (Lipinski definition) is 1. The molecule has 0 atom stereocenters. The highest BCUT2D eigenvalue weighted by molar-refractivity contribution is 9.10. The lowest BCUT2D eigenvalue weighted by Crippen LogP contribution is -2.25. The molecule has 0 radical (unpaired) electrons. The van der Waals surface area contributed by atoms with Crippen LogP contribution in [0, 0.1) is 5.82 Å². The zero-order valence-corrected chi connectivity index (χ0v) is 9.80. The molecule has 1 N–H and O–H groups in total. The van der Waals surface area contributed by atoms with Crippen molar-refractivity contribution in [3.63, 3.8) is 0 Å². The van der Waals surface area contributed by atoms with Gasteiger partial charge >= 0.3 is 6.09 Å². The Bertz CT molecular complexity index is 357. The molecule has 5 heteroatoms. The van der Waals surface area contributed by atoms with Gasteiger partial charge in [-0.05, 0) is 30.2 Å². The van der Waals surface area contributed by atoms with Crippen LogP contribution in [0.5, 0.6) is 0 Å². The number of benzene rings is 1. The maximum Gasteiger partial charge on any atom is 0.406 e. The van der Waals surface area contributed by atoms with Crippen molar-refractivity contribution < 1.29 is 13.9 Å². The second-order valence-corrected chi connectivity index (χ2v) is 3.82. The number of alkyl carbamates (subject to hydrolysis) is 1. The van der Waals surface area contributed by atoms with Crippen molar-refractivity contribution >= 4 is 22.0 Å². The molecule has 0 aromatic heterocycles. The average molecular weight is 276 g/mol. The molecule has 0 aliphatic heterocycles. The highest BCUT2D eigenvalue weighted by Crippen LogP contribution is 2.15. The summed E-state index contributed by atoms with van der Waals surface area (Å²) in [7, 11) is 1.29. The topological polar surface area (TPSA) is 38.3 Å². The molecule has 1 amide bonds.